The Hall–Kier alpha value is -0.600. The molecule has 13 heavy (non-hydrogen) atoms. The number of hydrogen-bond donors (Lipinski definition) is 0. The first kappa shape index (κ1) is 10.5. The van der Waals surface area contributed by atoms with Crippen molar-refractivity contribution in [3.63, 3.8) is 0 Å². The minimum atomic E-state index is 0.320. The number of aryl methyl sites for hydroxylation is 1. The van der Waals surface area contributed by atoms with Gasteiger partial charge in [0.2, 0.25) is 0 Å². The molecule has 0 N–H and O–H groups in total. The van der Waals surface area contributed by atoms with Gasteiger partial charge >= 0.3 is 0 Å². The Morgan fingerprint density at radius 1 is 1.46 bits per heavy atom. The zero-order valence-electron chi connectivity index (χ0n) is 6.96. The first-order valence-electron chi connectivity index (χ1n) is 3.97. The predicted molar refractivity (Wildman–Crippen MR) is 53.3 cm³/mol. The number of pyridine rings is 1. The number of aldehydes is 1. The van der Waals surface area contributed by atoms with E-state index in [1.54, 1.807) is 12.3 Å². The third-order valence-corrected chi connectivity index (χ3v) is 2.33. The fourth-order valence-electron chi connectivity index (χ4n) is 0.987. The van der Waals surface area contributed by atoms with Crippen LogP contribution < -0.4 is 0 Å². The van der Waals surface area contributed by atoms with Crippen LogP contribution in [0.25, 0.3) is 0 Å². The molecule has 0 saturated heterocycles. The summed E-state index contributed by atoms with van der Waals surface area (Å²) in [4.78, 5) is 14.0. The molecular formula is C9H9Cl2NO. The van der Waals surface area contributed by atoms with Gasteiger partial charge in [-0.15, -0.1) is 0 Å². The molecule has 0 aliphatic rings. The molecule has 1 aromatic heterocycles. The van der Waals surface area contributed by atoms with Crippen LogP contribution in [0.15, 0.2) is 12.3 Å². The highest BCUT2D eigenvalue weighted by atomic mass is 35.5. The Balaban J connectivity index is 2.57. The summed E-state index contributed by atoms with van der Waals surface area (Å²) in [6.45, 7) is 0. The van der Waals surface area contributed by atoms with Crippen molar-refractivity contribution in [1.82, 2.24) is 4.98 Å². The van der Waals surface area contributed by atoms with Gasteiger partial charge in [0.1, 0.15) is 11.4 Å². The molecule has 0 atom stereocenters. The van der Waals surface area contributed by atoms with Crippen molar-refractivity contribution in [2.24, 2.45) is 0 Å². The van der Waals surface area contributed by atoms with Crippen LogP contribution in [-0.2, 0) is 11.2 Å². The van der Waals surface area contributed by atoms with Crippen LogP contribution in [0.1, 0.15) is 18.4 Å². The van der Waals surface area contributed by atoms with Gasteiger partial charge in [-0.25, -0.2) is 4.98 Å². The van der Waals surface area contributed by atoms with Gasteiger partial charge in [0, 0.05) is 12.6 Å². The van der Waals surface area contributed by atoms with Gasteiger partial charge in [-0.1, -0.05) is 23.2 Å². The summed E-state index contributed by atoms with van der Waals surface area (Å²) in [6.07, 6.45) is 4.79. The van der Waals surface area contributed by atoms with Crippen LogP contribution in [0, 0.1) is 0 Å². The molecule has 1 heterocycles. The second-order valence-electron chi connectivity index (χ2n) is 2.68. The summed E-state index contributed by atoms with van der Waals surface area (Å²) in [5.74, 6) is 0. The largest absolute Gasteiger partial charge is 0.303 e. The maximum atomic E-state index is 10.1. The summed E-state index contributed by atoms with van der Waals surface area (Å²) in [5.41, 5.74) is 1.01. The highest BCUT2D eigenvalue weighted by Gasteiger charge is 2.00. The summed E-state index contributed by atoms with van der Waals surface area (Å²) >= 11 is 11.4. The third kappa shape index (κ3) is 3.33. The number of rotatable bonds is 4. The molecule has 0 saturated carbocycles. The number of aromatic nitrogens is 1. The highest BCUT2D eigenvalue weighted by Crippen LogP contribution is 2.20. The number of hydrogen-bond acceptors (Lipinski definition) is 2. The third-order valence-electron chi connectivity index (χ3n) is 1.64. The zero-order chi connectivity index (χ0) is 9.68. The number of unbranched alkanes of at least 4 members (excludes halogenated alkanes) is 1. The summed E-state index contributed by atoms with van der Waals surface area (Å²) in [5, 5.41) is 0.783. The summed E-state index contributed by atoms with van der Waals surface area (Å²) < 4.78 is 0. The van der Waals surface area contributed by atoms with Gasteiger partial charge in [-0.3, -0.25) is 0 Å². The molecule has 2 nitrogen and oxygen atoms in total. The van der Waals surface area contributed by atoms with Crippen molar-refractivity contribution in [2.45, 2.75) is 19.3 Å². The van der Waals surface area contributed by atoms with Gasteiger partial charge in [0.05, 0.1) is 5.02 Å². The van der Waals surface area contributed by atoms with E-state index in [2.05, 4.69) is 4.98 Å². The summed E-state index contributed by atoms with van der Waals surface area (Å²) in [7, 11) is 0. The maximum absolute atomic E-state index is 10.1. The van der Waals surface area contributed by atoms with Crippen molar-refractivity contribution in [3.05, 3.63) is 28.0 Å². The van der Waals surface area contributed by atoms with Gasteiger partial charge in [-0.2, -0.15) is 0 Å². The molecule has 1 rings (SSSR count). The van der Waals surface area contributed by atoms with E-state index in [-0.39, 0.29) is 0 Å². The molecular weight excluding hydrogens is 209 g/mol. The average molecular weight is 218 g/mol. The lowest BCUT2D eigenvalue weighted by molar-refractivity contribution is -0.107. The Morgan fingerprint density at radius 3 is 2.85 bits per heavy atom. The van der Waals surface area contributed by atoms with E-state index in [9.17, 15) is 4.79 Å². The molecule has 4 heteroatoms. The molecule has 0 aliphatic carbocycles. The van der Waals surface area contributed by atoms with Crippen molar-refractivity contribution in [2.75, 3.05) is 0 Å². The lowest BCUT2D eigenvalue weighted by atomic mass is 10.1. The fraction of sp³-hybridized carbons (Fsp3) is 0.333. The Labute approximate surface area is 86.9 Å². The monoisotopic (exact) mass is 217 g/mol. The lowest BCUT2D eigenvalue weighted by Gasteiger charge is -2.00. The molecule has 0 fully saturated rings. The van der Waals surface area contributed by atoms with Crippen molar-refractivity contribution in [3.8, 4) is 0 Å². The fourth-order valence-corrected chi connectivity index (χ4v) is 1.28. The van der Waals surface area contributed by atoms with E-state index in [1.165, 1.54) is 0 Å². The van der Waals surface area contributed by atoms with Gasteiger partial charge in [0.15, 0.2) is 0 Å². The van der Waals surface area contributed by atoms with Crippen LogP contribution >= 0.6 is 23.2 Å². The van der Waals surface area contributed by atoms with Crippen molar-refractivity contribution < 1.29 is 4.79 Å². The molecule has 0 aromatic carbocycles. The van der Waals surface area contributed by atoms with E-state index in [4.69, 9.17) is 23.2 Å². The van der Waals surface area contributed by atoms with E-state index < -0.39 is 0 Å². The van der Waals surface area contributed by atoms with E-state index in [1.807, 2.05) is 0 Å². The molecule has 1 aromatic rings. The molecule has 0 aliphatic heterocycles. The van der Waals surface area contributed by atoms with Crippen LogP contribution in [0.4, 0.5) is 0 Å². The minimum absolute atomic E-state index is 0.320. The summed E-state index contributed by atoms with van der Waals surface area (Å²) in [6, 6.07) is 1.78. The number of carbonyl (C=O) groups is 1. The molecule has 0 unspecified atom stereocenters. The number of nitrogens with zero attached hydrogens (tertiary/aromatic N) is 1. The molecule has 0 spiro atoms. The number of carbonyl (C=O) groups excluding carboxylic acids is 1. The smallest absolute Gasteiger partial charge is 0.147 e. The zero-order valence-corrected chi connectivity index (χ0v) is 8.48. The average Bonchev–Trinajstić information content (AvgIpc) is 2.12. The van der Waals surface area contributed by atoms with Gasteiger partial charge in [0.25, 0.3) is 0 Å². The normalized spacial score (nSPS) is 10.0. The second kappa shape index (κ2) is 5.20. The standard InChI is InChI=1S/C9H9Cl2NO/c10-8-5-7(3-1-2-4-13)6-12-9(8)11/h4-6H,1-3H2. The predicted octanol–water partition coefficient (Wildman–Crippen LogP) is 2.91. The van der Waals surface area contributed by atoms with Crippen LogP contribution in [0.2, 0.25) is 10.2 Å². The van der Waals surface area contributed by atoms with Crippen LogP contribution in [0.3, 0.4) is 0 Å². The topological polar surface area (TPSA) is 30.0 Å². The molecule has 0 bridgehead atoms. The maximum Gasteiger partial charge on any atom is 0.147 e. The highest BCUT2D eigenvalue weighted by molar-refractivity contribution is 6.41. The Kier molecular flexibility index (Phi) is 4.19. The van der Waals surface area contributed by atoms with Gasteiger partial charge in [-0.05, 0) is 24.5 Å². The minimum Gasteiger partial charge on any atom is -0.303 e. The van der Waals surface area contributed by atoms with Crippen molar-refractivity contribution in [1.29, 1.82) is 0 Å². The van der Waals surface area contributed by atoms with Crippen LogP contribution in [-0.4, -0.2) is 11.3 Å². The van der Waals surface area contributed by atoms with E-state index >= 15 is 0 Å². The van der Waals surface area contributed by atoms with Gasteiger partial charge < -0.3 is 4.79 Å². The van der Waals surface area contributed by atoms with E-state index in [0.29, 0.717) is 16.6 Å². The Morgan fingerprint density at radius 2 is 2.23 bits per heavy atom. The lowest BCUT2D eigenvalue weighted by Crippen LogP contribution is -1.88. The molecule has 0 radical (unpaired) electrons. The Bertz CT molecular complexity index is 302. The number of halogens is 2. The quantitative estimate of drug-likeness (QED) is 0.441. The molecule has 70 valence electrons. The SMILES string of the molecule is O=CCCCc1cnc(Cl)c(Cl)c1. The molecule has 0 amide bonds. The van der Waals surface area contributed by atoms with E-state index in [0.717, 1.165) is 24.7 Å². The second-order valence-corrected chi connectivity index (χ2v) is 3.44. The first-order valence-corrected chi connectivity index (χ1v) is 4.73. The van der Waals surface area contributed by atoms with Crippen molar-refractivity contribution >= 4 is 29.5 Å². The van der Waals surface area contributed by atoms with Crippen LogP contribution in [0.5, 0.6) is 0 Å². The first-order chi connectivity index (χ1) is 6.24.